The van der Waals surface area contributed by atoms with E-state index >= 15 is 0 Å². The summed E-state index contributed by atoms with van der Waals surface area (Å²) in [5.74, 6) is -0.759. The molecule has 7 unspecified atom stereocenters. The summed E-state index contributed by atoms with van der Waals surface area (Å²) in [6.45, 7) is 0.0136. The van der Waals surface area contributed by atoms with Crippen molar-refractivity contribution in [3.8, 4) is 0 Å². The third kappa shape index (κ3) is 7.70. The van der Waals surface area contributed by atoms with Crippen molar-refractivity contribution in [3.63, 3.8) is 0 Å². The molecule has 0 aromatic carbocycles. The first-order chi connectivity index (χ1) is 23.7. The van der Waals surface area contributed by atoms with E-state index in [1.165, 1.54) is 9.13 Å². The summed E-state index contributed by atoms with van der Waals surface area (Å²) in [5.41, 5.74) is 10.2. The topological polar surface area (TPSA) is 378 Å². The van der Waals surface area contributed by atoms with E-state index in [1.54, 1.807) is 20.3 Å². The lowest BCUT2D eigenvalue weighted by Crippen LogP contribution is -2.39. The van der Waals surface area contributed by atoms with Crippen LogP contribution in [0.4, 0.5) is 11.9 Å². The molecule has 6 rings (SSSR count). The predicted octanol–water partition coefficient (Wildman–Crippen LogP) is -2.24. The first-order valence-electron chi connectivity index (χ1n) is 14.6. The largest absolute Gasteiger partial charge is 0.490 e. The first-order valence-corrected chi connectivity index (χ1v) is 19.1. The van der Waals surface area contributed by atoms with Gasteiger partial charge in [0.15, 0.2) is 29.9 Å². The highest BCUT2D eigenvalue weighted by Crippen LogP contribution is 2.67. The Morgan fingerprint density at radius 3 is 2.22 bits per heavy atom. The Bertz CT molecular complexity index is 2240. The number of aromatic nitrogens is 8. The monoisotopic (exact) mass is 785 g/mol. The number of imidazole rings is 2. The molecule has 4 aromatic heterocycles. The van der Waals surface area contributed by atoms with E-state index in [0.29, 0.717) is 6.42 Å². The van der Waals surface area contributed by atoms with Crippen LogP contribution in [0.25, 0.3) is 22.3 Å². The highest BCUT2D eigenvalue weighted by Gasteiger charge is 2.48. The van der Waals surface area contributed by atoms with E-state index in [9.17, 15) is 48.2 Å². The number of aryl methyl sites for hydroxylation is 1. The molecule has 0 amide bonds. The number of aliphatic hydroxyl groups excluding tert-OH is 2. The predicted molar refractivity (Wildman–Crippen MR) is 166 cm³/mol. The SMILES string of the molecule is CC1C[C@H]([n+]2cn(C)c3c(=O)[nH]c(N)nc32)OC1COP(=O)(O)OP(=O)(O)OP(=O)(O)OC[C@H]1O[C@@H](n2cnc3c(=O)[nH]c(N)nc32)C(O)C1O. The van der Waals surface area contributed by atoms with Crippen LogP contribution in [0.15, 0.2) is 22.2 Å². The Morgan fingerprint density at radius 1 is 0.941 bits per heavy atom. The van der Waals surface area contributed by atoms with Gasteiger partial charge in [-0.3, -0.25) is 37.7 Å². The number of anilines is 2. The van der Waals surface area contributed by atoms with E-state index in [1.807, 2.05) is 0 Å². The van der Waals surface area contributed by atoms with E-state index in [2.05, 4.69) is 38.1 Å². The molecule has 2 saturated heterocycles. The van der Waals surface area contributed by atoms with Crippen LogP contribution in [-0.4, -0.2) is 96.6 Å². The molecule has 51 heavy (non-hydrogen) atoms. The number of phosphoric ester groups is 2. The second kappa shape index (κ2) is 13.5. The molecule has 26 nitrogen and oxygen atoms in total. The van der Waals surface area contributed by atoms with Crippen molar-refractivity contribution in [3.05, 3.63) is 33.4 Å². The minimum Gasteiger partial charge on any atom is -0.387 e. The number of H-pyrrole nitrogens is 2. The molecule has 11 N–H and O–H groups in total. The third-order valence-electron chi connectivity index (χ3n) is 7.92. The number of fused-ring (bicyclic) bond motifs is 2. The Labute approximate surface area is 283 Å². The summed E-state index contributed by atoms with van der Waals surface area (Å²) in [4.78, 5) is 71.1. The molecule has 2 aliphatic rings. The quantitative estimate of drug-likeness (QED) is 0.0541. The number of nitrogens with zero attached hydrogens (tertiary/aromatic N) is 6. The van der Waals surface area contributed by atoms with E-state index in [0.717, 1.165) is 10.9 Å². The minimum absolute atomic E-state index is 0.127. The lowest BCUT2D eigenvalue weighted by molar-refractivity contribution is -0.739. The fraction of sp³-hybridized carbons (Fsp3) is 0.545. The molecular weight excluding hydrogens is 753 g/mol. The van der Waals surface area contributed by atoms with Gasteiger partial charge >= 0.3 is 29.1 Å². The van der Waals surface area contributed by atoms with Crippen LogP contribution in [0.3, 0.4) is 0 Å². The van der Waals surface area contributed by atoms with Gasteiger partial charge in [-0.15, -0.1) is 0 Å². The van der Waals surface area contributed by atoms with Gasteiger partial charge in [-0.1, -0.05) is 11.9 Å². The van der Waals surface area contributed by atoms with Gasteiger partial charge in [0.05, 0.1) is 32.7 Å². The Morgan fingerprint density at radius 2 is 1.55 bits per heavy atom. The van der Waals surface area contributed by atoms with Crippen molar-refractivity contribution in [2.24, 2.45) is 13.0 Å². The van der Waals surface area contributed by atoms with Gasteiger partial charge < -0.3 is 45.8 Å². The number of aliphatic hydroxyl groups is 2. The Balaban J connectivity index is 1.03. The van der Waals surface area contributed by atoms with Crippen molar-refractivity contribution >= 4 is 57.7 Å². The molecule has 0 aliphatic carbocycles. The molecule has 0 spiro atoms. The average molecular weight is 785 g/mol. The standard InChI is InChI=1S/C22H31N10O16P3/c1-8-3-11(32-7-30(2)13-17(32)27-22(24)29-19(13)36)45-9(8)4-43-49(37,38)47-51(41,42)48-50(39,40)44-5-10-14(33)15(34)20(46-10)31-6-25-12-16(31)26-21(23)28-18(12)35/h6-11,14-15,20,33-34H,3-5H2,1-2H3,(H8-,23,24,26,27,28,29,35,36,37,38,39,40,41,42)/p+1/t8?,9?,10-,11-,14?,15?,20-/m1/s1. The number of phosphoric acid groups is 3. The molecule has 0 bridgehead atoms. The van der Waals surface area contributed by atoms with Crippen LogP contribution in [0.5, 0.6) is 0 Å². The molecule has 29 heteroatoms. The lowest BCUT2D eigenvalue weighted by atomic mass is 10.0. The second-order valence-electron chi connectivity index (χ2n) is 11.6. The summed E-state index contributed by atoms with van der Waals surface area (Å²) >= 11 is 0. The summed E-state index contributed by atoms with van der Waals surface area (Å²) in [5, 5.41) is 21.0. The van der Waals surface area contributed by atoms with Crippen LogP contribution >= 0.6 is 23.5 Å². The maximum atomic E-state index is 12.6. The van der Waals surface area contributed by atoms with Crippen LogP contribution in [0.2, 0.25) is 0 Å². The molecule has 4 aromatic rings. The summed E-state index contributed by atoms with van der Waals surface area (Å²) in [6, 6.07) is 0. The number of rotatable bonds is 12. The van der Waals surface area contributed by atoms with Crippen molar-refractivity contribution in [2.75, 3.05) is 24.7 Å². The van der Waals surface area contributed by atoms with Crippen molar-refractivity contribution in [1.29, 1.82) is 0 Å². The molecule has 2 fully saturated rings. The van der Waals surface area contributed by atoms with E-state index in [-0.39, 0.29) is 40.1 Å². The van der Waals surface area contributed by atoms with Gasteiger partial charge in [-0.2, -0.15) is 13.6 Å². The van der Waals surface area contributed by atoms with E-state index < -0.39 is 84.7 Å². The van der Waals surface area contributed by atoms with Crippen molar-refractivity contribution in [1.82, 2.24) is 34.1 Å². The van der Waals surface area contributed by atoms with Gasteiger partial charge in [0, 0.05) is 6.42 Å². The van der Waals surface area contributed by atoms with Gasteiger partial charge in [-0.05, 0) is 5.92 Å². The smallest absolute Gasteiger partial charge is 0.387 e. The number of aromatic amines is 2. The van der Waals surface area contributed by atoms with Gasteiger partial charge in [0.2, 0.25) is 11.5 Å². The maximum absolute atomic E-state index is 12.6. The normalized spacial score (nSPS) is 29.0. The molecule has 10 atom stereocenters. The average Bonchev–Trinajstić information content (AvgIpc) is 3.74. The number of ether oxygens (including phenoxy) is 2. The second-order valence-corrected chi connectivity index (χ2v) is 16.2. The number of nitrogen functional groups attached to an aromatic ring is 2. The van der Waals surface area contributed by atoms with Crippen LogP contribution in [0, 0.1) is 5.92 Å². The maximum Gasteiger partial charge on any atom is 0.490 e. The number of nitrogens with two attached hydrogens (primary N) is 2. The number of nitrogens with one attached hydrogen (secondary N) is 2. The highest BCUT2D eigenvalue weighted by molar-refractivity contribution is 7.66. The molecule has 280 valence electrons. The molecular formula is C22H32N10O16P3+. The van der Waals surface area contributed by atoms with Crippen LogP contribution < -0.4 is 27.2 Å². The number of hydrogen-bond acceptors (Lipinski definition) is 18. The van der Waals surface area contributed by atoms with Gasteiger partial charge in [0.25, 0.3) is 17.1 Å². The summed E-state index contributed by atoms with van der Waals surface area (Å²) in [7, 11) is -15.4. The lowest BCUT2D eigenvalue weighted by Gasteiger charge is -2.21. The molecule has 0 radical (unpaired) electrons. The zero-order valence-electron chi connectivity index (χ0n) is 26.2. The van der Waals surface area contributed by atoms with Crippen LogP contribution in [-0.2, 0) is 47.9 Å². The van der Waals surface area contributed by atoms with Crippen molar-refractivity contribution < 1.29 is 70.3 Å². The summed E-state index contributed by atoms with van der Waals surface area (Å²) < 4.78 is 70.7. The molecule has 2 aliphatic heterocycles. The molecule has 6 heterocycles. The van der Waals surface area contributed by atoms with Gasteiger partial charge in [0.1, 0.15) is 18.3 Å². The fourth-order valence-corrected chi connectivity index (χ4v) is 9.13. The number of hydrogen-bond donors (Lipinski definition) is 9. The van der Waals surface area contributed by atoms with E-state index in [4.69, 9.17) is 25.5 Å². The zero-order chi connectivity index (χ0) is 37.2. The fourth-order valence-electron chi connectivity index (χ4n) is 5.61. The Hall–Kier alpha value is -3.45. The third-order valence-corrected chi connectivity index (χ3v) is 12.2. The highest BCUT2D eigenvalue weighted by atomic mass is 31.3. The van der Waals surface area contributed by atoms with Crippen LogP contribution in [0.1, 0.15) is 25.8 Å². The summed E-state index contributed by atoms with van der Waals surface area (Å²) in [6.07, 6.45) is -5.24. The molecule has 0 saturated carbocycles. The van der Waals surface area contributed by atoms with Crippen molar-refractivity contribution in [2.45, 2.75) is 50.2 Å². The van der Waals surface area contributed by atoms with Gasteiger partial charge in [-0.25, -0.2) is 23.2 Å². The minimum atomic E-state index is -5.88. The Kier molecular flexibility index (Phi) is 9.88. The zero-order valence-corrected chi connectivity index (χ0v) is 28.9. The first kappa shape index (κ1) is 37.3.